The van der Waals surface area contributed by atoms with Gasteiger partial charge in [-0.3, -0.25) is 40.5 Å². The van der Waals surface area contributed by atoms with Gasteiger partial charge in [-0.15, -0.1) is 0 Å². The Morgan fingerprint density at radius 1 is 0.448 bits per heavy atom. The lowest BCUT2D eigenvalue weighted by Gasteiger charge is -2.48. The lowest BCUT2D eigenvalue weighted by molar-refractivity contribution is -0.385. The maximum Gasteiger partial charge on any atom is 0.276 e. The van der Waals surface area contributed by atoms with Crippen molar-refractivity contribution in [3.05, 3.63) is 184 Å². The topological polar surface area (TPSA) is 225 Å². The van der Waals surface area contributed by atoms with E-state index in [1.807, 2.05) is 12.2 Å². The minimum Gasteiger partial charge on any atom is -0.330 e. The molecule has 0 radical (unpaired) electrons. The van der Waals surface area contributed by atoms with Gasteiger partial charge in [-0.1, -0.05) is 116 Å². The molecule has 0 heterocycles. The predicted molar refractivity (Wildman–Crippen MR) is 228 cm³/mol. The number of nitro groups is 4. The first-order valence-corrected chi connectivity index (χ1v) is 19.0. The van der Waals surface area contributed by atoms with Crippen LogP contribution in [0.3, 0.4) is 0 Å². The minimum atomic E-state index is -1.15. The second kappa shape index (κ2) is 21.6. The Morgan fingerprint density at radius 2 is 0.741 bits per heavy atom. The molecule has 0 fully saturated rings. The van der Waals surface area contributed by atoms with Crippen LogP contribution in [0.15, 0.2) is 121 Å². The van der Waals surface area contributed by atoms with Crippen molar-refractivity contribution in [1.29, 1.82) is 0 Å². The number of nitro benzene ring substituents is 4. The molecule has 302 valence electrons. The van der Waals surface area contributed by atoms with Crippen LogP contribution in [0, 0.1) is 45.9 Å². The van der Waals surface area contributed by atoms with Crippen molar-refractivity contribution in [1.82, 2.24) is 0 Å². The smallest absolute Gasteiger partial charge is 0.276 e. The zero-order valence-electron chi connectivity index (χ0n) is 32.1. The maximum absolute atomic E-state index is 11.9. The fourth-order valence-corrected chi connectivity index (χ4v) is 7.21. The first-order chi connectivity index (χ1) is 27.9. The summed E-state index contributed by atoms with van der Waals surface area (Å²) >= 11 is 0. The molecule has 0 bridgehead atoms. The molecule has 0 atom stereocenters. The van der Waals surface area contributed by atoms with E-state index in [-0.39, 0.29) is 35.6 Å². The predicted octanol–water partition coefficient (Wildman–Crippen LogP) is 10.6. The van der Waals surface area contributed by atoms with E-state index in [1.165, 1.54) is 24.3 Å². The van der Waals surface area contributed by atoms with Crippen molar-refractivity contribution < 1.29 is 19.7 Å². The van der Waals surface area contributed by atoms with Gasteiger partial charge >= 0.3 is 0 Å². The average Bonchev–Trinajstić information content (AvgIpc) is 3.21. The Kier molecular flexibility index (Phi) is 16.4. The summed E-state index contributed by atoms with van der Waals surface area (Å²) in [5.74, 6) is 0. The number of allylic oxidation sites excluding steroid dienone is 2. The van der Waals surface area contributed by atoms with Crippen molar-refractivity contribution >= 4 is 47.1 Å². The molecule has 4 rings (SSSR count). The summed E-state index contributed by atoms with van der Waals surface area (Å²) in [6.45, 7) is 0.538. The van der Waals surface area contributed by atoms with Gasteiger partial charge in [-0.2, -0.15) is 0 Å². The van der Waals surface area contributed by atoms with Gasteiger partial charge in [0.2, 0.25) is 0 Å². The van der Waals surface area contributed by atoms with Crippen molar-refractivity contribution in [3.63, 3.8) is 0 Å². The Bertz CT molecular complexity index is 2040. The van der Waals surface area contributed by atoms with Crippen LogP contribution < -0.4 is 11.5 Å². The van der Waals surface area contributed by atoms with Gasteiger partial charge in [0, 0.05) is 29.8 Å². The molecular weight excluding hydrogens is 741 g/mol. The van der Waals surface area contributed by atoms with Gasteiger partial charge in [0.15, 0.2) is 0 Å². The molecular formula is C44H48N6O8. The fourth-order valence-electron chi connectivity index (χ4n) is 7.21. The van der Waals surface area contributed by atoms with Gasteiger partial charge in [0.1, 0.15) is 0 Å². The number of hydrogen-bond acceptors (Lipinski definition) is 10. The summed E-state index contributed by atoms with van der Waals surface area (Å²) in [5.41, 5.74) is 12.8. The van der Waals surface area contributed by atoms with E-state index in [0.29, 0.717) is 48.1 Å². The summed E-state index contributed by atoms with van der Waals surface area (Å²) in [4.78, 5) is 45.7. The molecule has 0 aliphatic rings. The first-order valence-electron chi connectivity index (χ1n) is 19.0. The van der Waals surface area contributed by atoms with Crippen LogP contribution in [0.5, 0.6) is 0 Å². The molecule has 58 heavy (non-hydrogen) atoms. The van der Waals surface area contributed by atoms with Gasteiger partial charge in [-0.05, 0) is 74.8 Å². The number of nitrogens with zero attached hydrogens (tertiary/aromatic N) is 4. The maximum atomic E-state index is 11.9. The SMILES string of the molecule is NCCCCCCC(CC=Cc1ccccc1[N+](=O)[O-])(CC=Cc1ccccc1[N+](=O)[O-])C(N)(CC=Cc1ccccc1[N+](=O)[O-])CC=Cc1ccccc1[N+](=O)[O-]. The third-order valence-corrected chi connectivity index (χ3v) is 10.4. The fraction of sp³-hybridized carbons (Fsp3) is 0.273. The molecule has 0 aromatic heterocycles. The molecule has 0 unspecified atom stereocenters. The average molecular weight is 789 g/mol. The van der Waals surface area contributed by atoms with Gasteiger partial charge in [0.05, 0.1) is 41.9 Å². The number of nitrogens with two attached hydrogens (primary N) is 2. The quantitative estimate of drug-likeness (QED) is 0.0410. The normalized spacial score (nSPS) is 13.9. The molecule has 14 nitrogen and oxygen atoms in total. The van der Waals surface area contributed by atoms with Crippen LogP contribution >= 0.6 is 0 Å². The van der Waals surface area contributed by atoms with Gasteiger partial charge in [-0.25, -0.2) is 0 Å². The monoisotopic (exact) mass is 788 g/mol. The second-order valence-electron chi connectivity index (χ2n) is 14.1. The lowest BCUT2D eigenvalue weighted by atomic mass is 9.60. The molecule has 0 spiro atoms. The van der Waals surface area contributed by atoms with E-state index in [2.05, 4.69) is 0 Å². The number of para-hydroxylation sites is 4. The van der Waals surface area contributed by atoms with Crippen LogP contribution in [0.25, 0.3) is 24.3 Å². The van der Waals surface area contributed by atoms with Crippen molar-refractivity contribution in [2.75, 3.05) is 6.54 Å². The lowest BCUT2D eigenvalue weighted by Crippen LogP contribution is -2.55. The standard InChI is InChI=1S/C44H48N6O8/c45-34-12-2-1-11-29-43(30-13-21-35-17-3-7-25-39(35)47(51)52,31-14-22-36-18-4-8-26-40(36)48(53)54)44(46,32-15-23-37-19-5-9-27-41(37)49(55)56)33-16-24-38-20-6-10-28-42(38)50(57)58/h3-10,13-28H,1-2,11-12,29-34,45-46H2. The number of unbranched alkanes of at least 4 members (excludes halogenated alkanes) is 3. The Hall–Kier alpha value is -6.64. The van der Waals surface area contributed by atoms with E-state index in [0.717, 1.165) is 25.7 Å². The molecule has 4 aromatic carbocycles. The molecule has 0 aliphatic heterocycles. The number of rotatable bonds is 23. The molecule has 14 heteroatoms. The summed E-state index contributed by atoms with van der Waals surface area (Å²) in [6.07, 6.45) is 18.8. The molecule has 0 amide bonds. The minimum absolute atomic E-state index is 0.0683. The molecule has 4 N–H and O–H groups in total. The molecule has 0 saturated carbocycles. The summed E-state index contributed by atoms with van der Waals surface area (Å²) in [6, 6.07) is 25.4. The number of hydrogen-bond donors (Lipinski definition) is 2. The van der Waals surface area contributed by atoms with Crippen LogP contribution in [0.1, 0.15) is 80.0 Å². The Morgan fingerprint density at radius 3 is 1.05 bits per heavy atom. The van der Waals surface area contributed by atoms with Gasteiger partial charge in [0.25, 0.3) is 22.7 Å². The highest BCUT2D eigenvalue weighted by atomic mass is 16.6. The van der Waals surface area contributed by atoms with E-state index in [4.69, 9.17) is 11.5 Å². The highest BCUT2D eigenvalue weighted by molar-refractivity contribution is 5.63. The summed E-state index contributed by atoms with van der Waals surface area (Å²) < 4.78 is 0. The second-order valence-corrected chi connectivity index (χ2v) is 14.1. The Balaban J connectivity index is 1.91. The van der Waals surface area contributed by atoms with E-state index >= 15 is 0 Å². The zero-order chi connectivity index (χ0) is 42.0. The summed E-state index contributed by atoms with van der Waals surface area (Å²) in [7, 11) is 0. The molecule has 0 aliphatic carbocycles. The Labute approximate surface area is 336 Å². The highest BCUT2D eigenvalue weighted by Gasteiger charge is 2.45. The number of benzene rings is 4. The van der Waals surface area contributed by atoms with Crippen molar-refractivity contribution in [3.8, 4) is 0 Å². The molecule has 0 saturated heterocycles. The van der Waals surface area contributed by atoms with Crippen molar-refractivity contribution in [2.24, 2.45) is 16.9 Å². The third-order valence-electron chi connectivity index (χ3n) is 10.4. The van der Waals surface area contributed by atoms with E-state index in [9.17, 15) is 40.5 Å². The summed E-state index contributed by atoms with van der Waals surface area (Å²) in [5, 5.41) is 47.6. The highest BCUT2D eigenvalue weighted by Crippen LogP contribution is 2.48. The zero-order valence-corrected chi connectivity index (χ0v) is 32.1. The van der Waals surface area contributed by atoms with E-state index < -0.39 is 30.6 Å². The first kappa shape index (κ1) is 44.1. The molecule has 4 aromatic rings. The van der Waals surface area contributed by atoms with Crippen LogP contribution in [0.2, 0.25) is 0 Å². The van der Waals surface area contributed by atoms with Gasteiger partial charge < -0.3 is 11.5 Å². The third kappa shape index (κ3) is 11.9. The van der Waals surface area contributed by atoms with Crippen LogP contribution in [0.4, 0.5) is 22.7 Å². The van der Waals surface area contributed by atoms with Crippen LogP contribution in [-0.2, 0) is 0 Å². The van der Waals surface area contributed by atoms with E-state index in [1.54, 1.807) is 109 Å². The largest absolute Gasteiger partial charge is 0.330 e. The van der Waals surface area contributed by atoms with Crippen LogP contribution in [-0.4, -0.2) is 31.8 Å². The van der Waals surface area contributed by atoms with Crippen molar-refractivity contribution in [2.45, 2.75) is 63.3 Å².